The Balaban J connectivity index is 2.50. The number of aliphatic hydroxyl groups excluding tert-OH is 1. The van der Waals surface area contributed by atoms with E-state index >= 15 is 0 Å². The topological polar surface area (TPSA) is 46.2 Å². The largest absolute Gasteiger partial charge is 0.394 e. The minimum Gasteiger partial charge on any atom is -0.394 e. The van der Waals surface area contributed by atoms with Gasteiger partial charge in [-0.25, -0.2) is 0 Å². The molecule has 0 spiro atoms. The lowest BCUT2D eigenvalue weighted by Crippen LogP contribution is -2.19. The first kappa shape index (κ1) is 9.54. The van der Waals surface area contributed by atoms with Gasteiger partial charge in [-0.15, -0.1) is 11.3 Å². The van der Waals surface area contributed by atoms with Gasteiger partial charge in [-0.3, -0.25) is 0 Å². The summed E-state index contributed by atoms with van der Waals surface area (Å²) in [4.78, 5) is 0. The highest BCUT2D eigenvalue weighted by Gasteiger charge is 2.04. The van der Waals surface area contributed by atoms with Gasteiger partial charge in [0.25, 0.3) is 0 Å². The number of nitrogens with two attached hydrogens (primary N) is 1. The summed E-state index contributed by atoms with van der Waals surface area (Å²) in [7, 11) is 0. The van der Waals surface area contributed by atoms with E-state index < -0.39 is 0 Å². The lowest BCUT2D eigenvalue weighted by atomic mass is 10.7. The molecule has 1 unspecified atom stereocenters. The van der Waals surface area contributed by atoms with Gasteiger partial charge in [0.2, 0.25) is 0 Å². The summed E-state index contributed by atoms with van der Waals surface area (Å²) < 4.78 is 2.21. The average molecular weight is 254 g/mol. The molecule has 3 N–H and O–H groups in total. The molecule has 1 aromatic heterocycles. The highest BCUT2D eigenvalue weighted by atomic mass is 79.9. The monoisotopic (exact) mass is 253 g/mol. The zero-order chi connectivity index (χ0) is 8.27. The fourth-order valence-corrected chi connectivity index (χ4v) is 3.34. The second kappa shape index (κ2) is 4.47. The number of rotatable bonds is 3. The quantitative estimate of drug-likeness (QED) is 0.639. The molecule has 0 amide bonds. The van der Waals surface area contributed by atoms with Crippen LogP contribution in [0.1, 0.15) is 0 Å². The van der Waals surface area contributed by atoms with Gasteiger partial charge in [0.05, 0.1) is 20.0 Å². The maximum absolute atomic E-state index is 8.65. The Hall–Kier alpha value is 0.450. The van der Waals surface area contributed by atoms with E-state index in [9.17, 15) is 0 Å². The smallest absolute Gasteiger partial charge is 0.0797 e. The Morgan fingerprint density at radius 1 is 1.73 bits per heavy atom. The van der Waals surface area contributed by atoms with Crippen molar-refractivity contribution in [1.29, 1.82) is 0 Å². The third-order valence-electron chi connectivity index (χ3n) is 0.996. The van der Waals surface area contributed by atoms with Crippen LogP contribution >= 0.6 is 39.0 Å². The number of hydrogen-bond acceptors (Lipinski definition) is 4. The van der Waals surface area contributed by atoms with Crippen LogP contribution in [-0.4, -0.2) is 17.1 Å². The molecular weight excluding hydrogens is 246 g/mol. The molecule has 0 aliphatic heterocycles. The first-order valence-electron chi connectivity index (χ1n) is 3.01. The predicted octanol–water partition coefficient (Wildman–Crippen LogP) is 1.88. The molecule has 11 heavy (non-hydrogen) atoms. The van der Waals surface area contributed by atoms with Crippen LogP contribution in [0.5, 0.6) is 0 Å². The van der Waals surface area contributed by atoms with Gasteiger partial charge in [-0.1, -0.05) is 11.8 Å². The zero-order valence-corrected chi connectivity index (χ0v) is 8.88. The van der Waals surface area contributed by atoms with Crippen molar-refractivity contribution in [2.24, 2.45) is 5.73 Å². The number of thioether (sulfide) groups is 1. The number of aliphatic hydroxyl groups is 1. The van der Waals surface area contributed by atoms with Crippen LogP contribution in [0, 0.1) is 0 Å². The Morgan fingerprint density at radius 3 is 2.91 bits per heavy atom. The van der Waals surface area contributed by atoms with Crippen molar-refractivity contribution < 1.29 is 5.11 Å². The normalized spacial score (nSPS) is 13.4. The van der Waals surface area contributed by atoms with Gasteiger partial charge >= 0.3 is 0 Å². The fourth-order valence-electron chi connectivity index (χ4n) is 0.548. The molecule has 1 atom stereocenters. The van der Waals surface area contributed by atoms with Crippen molar-refractivity contribution in [3.05, 3.63) is 15.9 Å². The molecule has 5 heteroatoms. The van der Waals surface area contributed by atoms with Gasteiger partial charge in [-0.05, 0) is 28.1 Å². The van der Waals surface area contributed by atoms with Crippen molar-refractivity contribution in [1.82, 2.24) is 0 Å². The van der Waals surface area contributed by atoms with Gasteiger partial charge in [-0.2, -0.15) is 0 Å². The first-order chi connectivity index (χ1) is 5.22. The lowest BCUT2D eigenvalue weighted by molar-refractivity contribution is 0.296. The lowest BCUT2D eigenvalue weighted by Gasteiger charge is -2.03. The number of thiophene rings is 1. The van der Waals surface area contributed by atoms with Crippen molar-refractivity contribution >= 4 is 39.0 Å². The SMILES string of the molecule is NC(CO)Sc1ccc(Br)s1. The summed E-state index contributed by atoms with van der Waals surface area (Å²) in [5.74, 6) is 0. The van der Waals surface area contributed by atoms with Gasteiger partial charge < -0.3 is 10.8 Å². The van der Waals surface area contributed by atoms with E-state index in [2.05, 4.69) is 15.9 Å². The van der Waals surface area contributed by atoms with Crippen molar-refractivity contribution in [2.45, 2.75) is 9.58 Å². The third kappa shape index (κ3) is 3.13. The molecule has 0 saturated heterocycles. The molecule has 0 aliphatic carbocycles. The molecule has 1 rings (SSSR count). The molecule has 0 aromatic carbocycles. The highest BCUT2D eigenvalue weighted by Crippen LogP contribution is 2.31. The molecule has 0 fully saturated rings. The van der Waals surface area contributed by atoms with Gasteiger partial charge in [0, 0.05) is 0 Å². The number of halogens is 1. The van der Waals surface area contributed by atoms with E-state index in [4.69, 9.17) is 10.8 Å². The summed E-state index contributed by atoms with van der Waals surface area (Å²) in [5.41, 5.74) is 5.52. The average Bonchev–Trinajstić information content (AvgIpc) is 2.35. The molecule has 62 valence electrons. The third-order valence-corrected chi connectivity index (χ3v) is 3.77. The molecule has 0 aliphatic rings. The van der Waals surface area contributed by atoms with Crippen molar-refractivity contribution in [3.8, 4) is 0 Å². The molecular formula is C6H8BrNOS2. The highest BCUT2D eigenvalue weighted by molar-refractivity contribution is 9.11. The Labute approximate surface area is 81.9 Å². The molecule has 1 aromatic rings. The Bertz CT molecular complexity index is 228. The number of hydrogen-bond donors (Lipinski definition) is 2. The molecule has 2 nitrogen and oxygen atoms in total. The van der Waals surface area contributed by atoms with Crippen LogP contribution < -0.4 is 5.73 Å². The van der Waals surface area contributed by atoms with E-state index in [1.165, 1.54) is 11.8 Å². The van der Waals surface area contributed by atoms with E-state index in [1.807, 2.05) is 12.1 Å². The van der Waals surface area contributed by atoms with Gasteiger partial charge in [0.15, 0.2) is 0 Å². The van der Waals surface area contributed by atoms with Crippen LogP contribution in [0.15, 0.2) is 20.1 Å². The molecule has 0 saturated carbocycles. The fraction of sp³-hybridized carbons (Fsp3) is 0.333. The maximum Gasteiger partial charge on any atom is 0.0797 e. The van der Waals surface area contributed by atoms with E-state index in [0.29, 0.717) is 0 Å². The van der Waals surface area contributed by atoms with Crippen LogP contribution in [0.25, 0.3) is 0 Å². The summed E-state index contributed by atoms with van der Waals surface area (Å²) in [6.07, 6.45) is 0. The molecule has 1 heterocycles. The Kier molecular flexibility index (Phi) is 3.88. The maximum atomic E-state index is 8.65. The second-order valence-electron chi connectivity index (χ2n) is 1.90. The van der Waals surface area contributed by atoms with E-state index in [1.54, 1.807) is 11.3 Å². The summed E-state index contributed by atoms with van der Waals surface area (Å²) >= 11 is 6.45. The van der Waals surface area contributed by atoms with Crippen LogP contribution in [0.2, 0.25) is 0 Å². The minimum atomic E-state index is -0.208. The second-order valence-corrected chi connectivity index (χ2v) is 5.90. The summed E-state index contributed by atoms with van der Waals surface area (Å²) in [5, 5.41) is 8.44. The first-order valence-corrected chi connectivity index (χ1v) is 5.49. The van der Waals surface area contributed by atoms with Crippen LogP contribution in [-0.2, 0) is 0 Å². The van der Waals surface area contributed by atoms with E-state index in [0.717, 1.165) is 8.00 Å². The molecule has 0 bridgehead atoms. The van der Waals surface area contributed by atoms with Crippen LogP contribution in [0.3, 0.4) is 0 Å². The summed E-state index contributed by atoms with van der Waals surface area (Å²) in [6, 6.07) is 3.95. The van der Waals surface area contributed by atoms with Crippen LogP contribution in [0.4, 0.5) is 0 Å². The molecule has 0 radical (unpaired) electrons. The minimum absolute atomic E-state index is 0.0141. The Morgan fingerprint density at radius 2 is 2.45 bits per heavy atom. The summed E-state index contributed by atoms with van der Waals surface area (Å²) in [6.45, 7) is 0.0141. The predicted molar refractivity (Wildman–Crippen MR) is 52.9 cm³/mol. The van der Waals surface area contributed by atoms with Crippen molar-refractivity contribution in [3.63, 3.8) is 0 Å². The zero-order valence-electron chi connectivity index (χ0n) is 5.66. The standard InChI is InChI=1S/C6H8BrNOS2/c7-4-1-2-6(10-4)11-5(8)3-9/h1-2,5,9H,3,8H2. The van der Waals surface area contributed by atoms with E-state index in [-0.39, 0.29) is 12.0 Å². The van der Waals surface area contributed by atoms with Crippen molar-refractivity contribution in [2.75, 3.05) is 6.61 Å². The van der Waals surface area contributed by atoms with Gasteiger partial charge in [0.1, 0.15) is 0 Å².